The number of hydrogen-bond donors (Lipinski definition) is 1. The third kappa shape index (κ3) is 4.17. The van der Waals surface area contributed by atoms with Crippen molar-refractivity contribution in [3.63, 3.8) is 0 Å². The van der Waals surface area contributed by atoms with Crippen LogP contribution in [0.2, 0.25) is 0 Å². The van der Waals surface area contributed by atoms with E-state index in [0.29, 0.717) is 12.0 Å². The maximum atomic E-state index is 13.7. The highest BCUT2D eigenvalue weighted by Gasteiger charge is 2.46. The normalized spacial score (nSPS) is 18.5. The molecule has 1 N–H and O–H groups in total. The van der Waals surface area contributed by atoms with E-state index in [1.807, 2.05) is 0 Å². The Kier molecular flexibility index (Phi) is 5.02. The topological polar surface area (TPSA) is 68.3 Å². The first-order chi connectivity index (χ1) is 12.1. The van der Waals surface area contributed by atoms with E-state index in [-0.39, 0.29) is 30.5 Å². The van der Waals surface area contributed by atoms with Crippen LogP contribution >= 0.6 is 0 Å². The number of nitrogens with zero attached hydrogens (tertiary/aromatic N) is 1. The van der Waals surface area contributed by atoms with Gasteiger partial charge in [-0.3, -0.25) is 14.6 Å². The second kappa shape index (κ2) is 7.38. The molecule has 5 nitrogen and oxygen atoms in total. The number of amides is 1. The molecule has 3 rings (SSSR count). The highest BCUT2D eigenvalue weighted by molar-refractivity contribution is 5.93. The van der Waals surface area contributed by atoms with Crippen molar-refractivity contribution in [1.29, 1.82) is 0 Å². The number of halogens is 2. The van der Waals surface area contributed by atoms with Gasteiger partial charge in [0.05, 0.1) is 12.5 Å². The Balaban J connectivity index is 1.42. The van der Waals surface area contributed by atoms with Crippen molar-refractivity contribution in [2.45, 2.75) is 12.3 Å². The van der Waals surface area contributed by atoms with Gasteiger partial charge in [0, 0.05) is 23.9 Å². The van der Waals surface area contributed by atoms with Gasteiger partial charge in [-0.25, -0.2) is 8.78 Å². The summed E-state index contributed by atoms with van der Waals surface area (Å²) in [5.74, 6) is -2.63. The van der Waals surface area contributed by atoms with Crippen molar-refractivity contribution in [3.05, 3.63) is 65.5 Å². The monoisotopic (exact) mass is 346 g/mol. The fraction of sp³-hybridized carbons (Fsp3) is 0.278. The van der Waals surface area contributed by atoms with Crippen LogP contribution in [0.1, 0.15) is 28.3 Å². The first-order valence-electron chi connectivity index (χ1n) is 7.86. The molecule has 2 aromatic rings. The van der Waals surface area contributed by atoms with Gasteiger partial charge in [-0.15, -0.1) is 0 Å². The minimum absolute atomic E-state index is 0.0184. The smallest absolute Gasteiger partial charge is 0.309 e. The van der Waals surface area contributed by atoms with Gasteiger partial charge in [0.15, 0.2) is 0 Å². The summed E-state index contributed by atoms with van der Waals surface area (Å²) in [6.45, 7) is 0.184. The number of pyridine rings is 1. The van der Waals surface area contributed by atoms with Gasteiger partial charge in [-0.1, -0.05) is 0 Å². The summed E-state index contributed by atoms with van der Waals surface area (Å²) in [5, 5.41) is 2.62. The quantitative estimate of drug-likeness (QED) is 0.644. The maximum Gasteiger partial charge on any atom is 0.309 e. The van der Waals surface area contributed by atoms with Crippen molar-refractivity contribution in [2.24, 2.45) is 5.92 Å². The van der Waals surface area contributed by atoms with Gasteiger partial charge in [0.2, 0.25) is 0 Å². The molecule has 2 atom stereocenters. The van der Waals surface area contributed by atoms with Crippen LogP contribution < -0.4 is 5.32 Å². The summed E-state index contributed by atoms with van der Waals surface area (Å²) in [6, 6.07) is 6.36. The maximum absolute atomic E-state index is 13.7. The summed E-state index contributed by atoms with van der Waals surface area (Å²) in [5.41, 5.74) is 0.665. The first-order valence-corrected chi connectivity index (χ1v) is 7.86. The molecule has 0 unspecified atom stereocenters. The van der Waals surface area contributed by atoms with Crippen LogP contribution in [0.15, 0.2) is 42.7 Å². The largest absolute Gasteiger partial charge is 0.464 e. The summed E-state index contributed by atoms with van der Waals surface area (Å²) in [7, 11) is 0. The third-order valence-electron chi connectivity index (χ3n) is 4.03. The highest BCUT2D eigenvalue weighted by atomic mass is 19.1. The van der Waals surface area contributed by atoms with E-state index >= 15 is 0 Å². The zero-order chi connectivity index (χ0) is 17.8. The van der Waals surface area contributed by atoms with Gasteiger partial charge in [0.25, 0.3) is 5.91 Å². The Labute approximate surface area is 143 Å². The third-order valence-corrected chi connectivity index (χ3v) is 4.03. The average molecular weight is 346 g/mol. The van der Waals surface area contributed by atoms with Crippen molar-refractivity contribution in [1.82, 2.24) is 10.3 Å². The van der Waals surface area contributed by atoms with Gasteiger partial charge >= 0.3 is 5.97 Å². The molecule has 1 amide bonds. The molecule has 0 saturated heterocycles. The second-order valence-electron chi connectivity index (χ2n) is 5.77. The average Bonchev–Trinajstić information content (AvgIpc) is 3.42. The van der Waals surface area contributed by atoms with Crippen LogP contribution in [0.3, 0.4) is 0 Å². The molecule has 0 spiro atoms. The Morgan fingerprint density at radius 3 is 2.72 bits per heavy atom. The van der Waals surface area contributed by atoms with E-state index in [9.17, 15) is 18.4 Å². The standard InChI is InChI=1S/C18H16F2N2O3/c19-12-1-2-16(20)14(9-12)13-10-15(13)18(24)25-8-7-22-17(23)11-3-5-21-6-4-11/h1-6,9,13,15H,7-8,10H2,(H,22,23)/t13-,15-/m1/s1. The lowest BCUT2D eigenvalue weighted by Gasteiger charge is -2.07. The Morgan fingerprint density at radius 2 is 1.96 bits per heavy atom. The molecular formula is C18H16F2N2O3. The van der Waals surface area contributed by atoms with E-state index in [1.54, 1.807) is 12.1 Å². The van der Waals surface area contributed by atoms with Crippen molar-refractivity contribution in [3.8, 4) is 0 Å². The van der Waals surface area contributed by atoms with Gasteiger partial charge in [-0.05, 0) is 42.3 Å². The second-order valence-corrected chi connectivity index (χ2v) is 5.77. The number of rotatable bonds is 6. The zero-order valence-corrected chi connectivity index (χ0v) is 13.2. The SMILES string of the molecule is O=C(NCCOC(=O)[C@@H]1C[C@@H]1c1cc(F)ccc1F)c1ccncc1. The first kappa shape index (κ1) is 17.0. The molecule has 1 saturated carbocycles. The molecule has 1 aromatic carbocycles. The lowest BCUT2D eigenvalue weighted by Crippen LogP contribution is -2.28. The minimum atomic E-state index is -0.533. The molecule has 1 fully saturated rings. The molecule has 0 bridgehead atoms. The molecular weight excluding hydrogens is 330 g/mol. The highest BCUT2D eigenvalue weighted by Crippen LogP contribution is 2.49. The van der Waals surface area contributed by atoms with Crippen LogP contribution in [-0.4, -0.2) is 30.0 Å². The van der Waals surface area contributed by atoms with E-state index < -0.39 is 23.5 Å². The fourth-order valence-electron chi connectivity index (χ4n) is 2.63. The van der Waals surface area contributed by atoms with E-state index in [2.05, 4.69) is 10.3 Å². The van der Waals surface area contributed by atoms with E-state index in [4.69, 9.17) is 4.74 Å². The molecule has 7 heteroatoms. The fourth-order valence-corrected chi connectivity index (χ4v) is 2.63. The van der Waals surface area contributed by atoms with Crippen molar-refractivity contribution >= 4 is 11.9 Å². The van der Waals surface area contributed by atoms with Gasteiger partial charge in [0.1, 0.15) is 18.2 Å². The predicted octanol–water partition coefficient (Wildman–Crippen LogP) is 2.44. The summed E-state index contributed by atoms with van der Waals surface area (Å²) < 4.78 is 32.0. The molecule has 1 aliphatic carbocycles. The Bertz CT molecular complexity index is 783. The van der Waals surface area contributed by atoms with Crippen LogP contribution in [0.5, 0.6) is 0 Å². The zero-order valence-electron chi connectivity index (χ0n) is 13.2. The Hall–Kier alpha value is -2.83. The van der Waals surface area contributed by atoms with E-state index in [1.165, 1.54) is 12.4 Å². The number of ether oxygens (including phenoxy) is 1. The number of hydrogen-bond acceptors (Lipinski definition) is 4. The van der Waals surface area contributed by atoms with Gasteiger partial charge < -0.3 is 10.1 Å². The predicted molar refractivity (Wildman–Crippen MR) is 84.7 cm³/mol. The Morgan fingerprint density at radius 1 is 1.20 bits per heavy atom. The molecule has 1 aliphatic rings. The number of aromatic nitrogens is 1. The number of benzene rings is 1. The molecule has 130 valence electrons. The molecule has 1 aromatic heterocycles. The summed E-state index contributed by atoms with van der Waals surface area (Å²) in [4.78, 5) is 27.5. The van der Waals surface area contributed by atoms with Crippen molar-refractivity contribution < 1.29 is 23.1 Å². The lowest BCUT2D eigenvalue weighted by molar-refractivity contribution is -0.145. The molecule has 0 radical (unpaired) electrons. The van der Waals surface area contributed by atoms with Crippen LogP contribution in [0.4, 0.5) is 8.78 Å². The molecule has 25 heavy (non-hydrogen) atoms. The molecule has 1 heterocycles. The van der Waals surface area contributed by atoms with Gasteiger partial charge in [-0.2, -0.15) is 0 Å². The number of carbonyl (C=O) groups excluding carboxylic acids is 2. The van der Waals surface area contributed by atoms with E-state index in [0.717, 1.165) is 18.2 Å². The van der Waals surface area contributed by atoms with Crippen molar-refractivity contribution in [2.75, 3.05) is 13.2 Å². The number of esters is 1. The summed E-state index contributed by atoms with van der Waals surface area (Å²) in [6.07, 6.45) is 3.45. The number of carbonyl (C=O) groups is 2. The van der Waals surface area contributed by atoms with Crippen LogP contribution in [0.25, 0.3) is 0 Å². The minimum Gasteiger partial charge on any atom is -0.464 e. The van der Waals surface area contributed by atoms with Crippen LogP contribution in [-0.2, 0) is 9.53 Å². The van der Waals surface area contributed by atoms with Crippen LogP contribution in [0, 0.1) is 17.6 Å². The molecule has 0 aliphatic heterocycles. The summed E-state index contributed by atoms with van der Waals surface area (Å²) >= 11 is 0. The number of nitrogens with one attached hydrogen (secondary N) is 1. The lowest BCUT2D eigenvalue weighted by atomic mass is 10.1.